The number of nitrogens with two attached hydrogens (primary N) is 1. The van der Waals surface area contributed by atoms with Crippen LogP contribution in [0, 0.1) is 6.92 Å². The molecule has 0 radical (unpaired) electrons. The number of anilines is 2. The smallest absolute Gasteiger partial charge is 0.405 e. The number of sulfonamides is 1. The Hall–Kier alpha value is -4.22. The van der Waals surface area contributed by atoms with E-state index in [9.17, 15) is 26.4 Å². The van der Waals surface area contributed by atoms with Crippen LogP contribution in [-0.4, -0.2) is 25.5 Å². The molecule has 0 spiro atoms. The molecule has 0 aliphatic carbocycles. The van der Waals surface area contributed by atoms with E-state index in [2.05, 4.69) is 15.0 Å². The number of benzene rings is 3. The molecule has 0 atom stereocenters. The fourth-order valence-electron chi connectivity index (χ4n) is 3.96. The second-order valence-electron chi connectivity index (χ2n) is 8.39. The SMILES string of the molecule is Cc1cc(CC(=O)c2ccc(-c3ccccc3OC(F)(F)F)c(Nc3ccccn3)c2)ccc1S(N)(=O)=O. The van der Waals surface area contributed by atoms with E-state index in [4.69, 9.17) is 5.14 Å². The first-order chi connectivity index (χ1) is 17.9. The number of halogens is 3. The second-order valence-corrected chi connectivity index (χ2v) is 9.92. The molecular formula is C27H22F3N3O4S. The lowest BCUT2D eigenvalue weighted by atomic mass is 9.96. The predicted molar refractivity (Wildman–Crippen MR) is 137 cm³/mol. The van der Waals surface area contributed by atoms with Crippen LogP contribution in [-0.2, 0) is 16.4 Å². The molecule has 4 rings (SSSR count). The highest BCUT2D eigenvalue weighted by Crippen LogP contribution is 2.39. The summed E-state index contributed by atoms with van der Waals surface area (Å²) in [5.41, 5.74) is 2.14. The molecule has 7 nitrogen and oxygen atoms in total. The summed E-state index contributed by atoms with van der Waals surface area (Å²) in [4.78, 5) is 17.3. The van der Waals surface area contributed by atoms with E-state index in [0.29, 0.717) is 28.2 Å². The number of pyridine rings is 1. The number of hydrogen-bond acceptors (Lipinski definition) is 6. The average Bonchev–Trinajstić information content (AvgIpc) is 2.83. The van der Waals surface area contributed by atoms with E-state index < -0.39 is 22.1 Å². The van der Waals surface area contributed by atoms with Gasteiger partial charge in [-0.05, 0) is 48.4 Å². The van der Waals surface area contributed by atoms with Gasteiger partial charge in [-0.2, -0.15) is 0 Å². The lowest BCUT2D eigenvalue weighted by Gasteiger charge is -2.17. The molecule has 0 fully saturated rings. The molecule has 0 unspecified atom stereocenters. The Kier molecular flexibility index (Phi) is 7.51. The molecule has 3 N–H and O–H groups in total. The minimum absolute atomic E-state index is 0.0281. The minimum Gasteiger partial charge on any atom is -0.405 e. The summed E-state index contributed by atoms with van der Waals surface area (Å²) in [5, 5.41) is 8.28. The van der Waals surface area contributed by atoms with Gasteiger partial charge in [0, 0.05) is 35.0 Å². The number of carbonyl (C=O) groups is 1. The Morgan fingerprint density at radius 2 is 1.71 bits per heavy atom. The van der Waals surface area contributed by atoms with Crippen molar-refractivity contribution in [2.45, 2.75) is 24.6 Å². The number of hydrogen-bond donors (Lipinski definition) is 2. The number of aromatic nitrogens is 1. The first kappa shape index (κ1) is 26.8. The van der Waals surface area contributed by atoms with E-state index >= 15 is 0 Å². The first-order valence-corrected chi connectivity index (χ1v) is 12.8. The zero-order valence-corrected chi connectivity index (χ0v) is 20.8. The molecule has 4 aromatic rings. The number of ether oxygens (including phenoxy) is 1. The van der Waals surface area contributed by atoms with Gasteiger partial charge in [-0.3, -0.25) is 4.79 Å². The maximum atomic E-state index is 13.2. The summed E-state index contributed by atoms with van der Waals surface area (Å²) in [6, 6.07) is 19.8. The van der Waals surface area contributed by atoms with Gasteiger partial charge in [-0.25, -0.2) is 18.5 Å². The molecule has 0 saturated carbocycles. The highest BCUT2D eigenvalue weighted by atomic mass is 32.2. The molecule has 1 heterocycles. The lowest BCUT2D eigenvalue weighted by molar-refractivity contribution is -0.274. The van der Waals surface area contributed by atoms with Crippen LogP contribution >= 0.6 is 0 Å². The topological polar surface area (TPSA) is 111 Å². The highest BCUT2D eigenvalue weighted by molar-refractivity contribution is 7.89. The number of carbonyl (C=O) groups excluding carboxylic acids is 1. The number of nitrogens with zero attached hydrogens (tertiary/aromatic N) is 1. The number of ketones is 1. The molecule has 0 bridgehead atoms. The summed E-state index contributed by atoms with van der Waals surface area (Å²) in [7, 11) is -3.89. The lowest BCUT2D eigenvalue weighted by Crippen LogP contribution is -2.17. The molecular weight excluding hydrogens is 519 g/mol. The first-order valence-electron chi connectivity index (χ1n) is 11.2. The van der Waals surface area contributed by atoms with E-state index in [1.165, 1.54) is 48.5 Å². The molecule has 0 amide bonds. The predicted octanol–water partition coefficient (Wildman–Crippen LogP) is 5.77. The van der Waals surface area contributed by atoms with Crippen LogP contribution < -0.4 is 15.2 Å². The summed E-state index contributed by atoms with van der Waals surface area (Å²) >= 11 is 0. The van der Waals surface area contributed by atoms with Crippen LogP contribution in [0.15, 0.2) is 90.0 Å². The van der Waals surface area contributed by atoms with Crippen molar-refractivity contribution in [3.05, 3.63) is 102 Å². The molecule has 196 valence electrons. The van der Waals surface area contributed by atoms with Crippen molar-refractivity contribution in [2.75, 3.05) is 5.32 Å². The molecule has 3 aromatic carbocycles. The molecule has 38 heavy (non-hydrogen) atoms. The third kappa shape index (κ3) is 6.55. The van der Waals surface area contributed by atoms with Gasteiger partial charge in [0.2, 0.25) is 10.0 Å². The van der Waals surface area contributed by atoms with Gasteiger partial charge < -0.3 is 10.1 Å². The number of para-hydroxylation sites is 1. The van der Waals surface area contributed by atoms with Crippen molar-refractivity contribution >= 4 is 27.3 Å². The molecule has 11 heteroatoms. The molecule has 0 aliphatic rings. The normalized spacial score (nSPS) is 11.7. The van der Waals surface area contributed by atoms with Crippen molar-refractivity contribution in [3.63, 3.8) is 0 Å². The minimum atomic E-state index is -4.89. The van der Waals surface area contributed by atoms with Crippen molar-refractivity contribution in [3.8, 4) is 16.9 Å². The van der Waals surface area contributed by atoms with Gasteiger partial charge in [0.25, 0.3) is 0 Å². The number of nitrogens with one attached hydrogen (secondary N) is 1. The number of rotatable bonds is 8. The van der Waals surface area contributed by atoms with Crippen LogP contribution in [0.3, 0.4) is 0 Å². The Bertz CT molecular complexity index is 1590. The van der Waals surface area contributed by atoms with Gasteiger partial charge in [0.05, 0.1) is 4.90 Å². The average molecular weight is 542 g/mol. The maximum absolute atomic E-state index is 13.2. The molecule has 0 aliphatic heterocycles. The van der Waals surface area contributed by atoms with E-state index in [0.717, 1.165) is 0 Å². The Morgan fingerprint density at radius 1 is 0.974 bits per heavy atom. The van der Waals surface area contributed by atoms with Gasteiger partial charge in [-0.1, -0.05) is 48.5 Å². The van der Waals surface area contributed by atoms with Gasteiger partial charge >= 0.3 is 6.36 Å². The van der Waals surface area contributed by atoms with Gasteiger partial charge in [0.1, 0.15) is 11.6 Å². The van der Waals surface area contributed by atoms with Crippen molar-refractivity contribution in [1.29, 1.82) is 0 Å². The van der Waals surface area contributed by atoms with Gasteiger partial charge in [-0.15, -0.1) is 13.2 Å². The Balaban J connectivity index is 1.72. The fraction of sp³-hybridized carbons (Fsp3) is 0.111. The third-order valence-corrected chi connectivity index (χ3v) is 6.65. The zero-order chi connectivity index (χ0) is 27.5. The maximum Gasteiger partial charge on any atom is 0.573 e. The molecule has 1 aromatic heterocycles. The third-order valence-electron chi connectivity index (χ3n) is 5.58. The van der Waals surface area contributed by atoms with E-state index in [1.807, 2.05) is 0 Å². The van der Waals surface area contributed by atoms with Crippen molar-refractivity contribution in [2.24, 2.45) is 5.14 Å². The summed E-state index contributed by atoms with van der Waals surface area (Å²) < 4.78 is 66.7. The molecule has 0 saturated heterocycles. The number of aryl methyl sites for hydroxylation is 1. The van der Waals surface area contributed by atoms with Crippen LogP contribution in [0.5, 0.6) is 5.75 Å². The zero-order valence-electron chi connectivity index (χ0n) is 20.0. The summed E-state index contributed by atoms with van der Waals surface area (Å²) in [5.74, 6) is -0.265. The standard InChI is InChI=1S/C27H22F3N3O4S/c1-17-14-18(9-12-25(17)38(31,35)36)15-23(34)19-10-11-20(22(16-19)33-26-8-4-5-13-32-26)21-6-2-3-7-24(21)37-27(28,29)30/h2-14,16H,15H2,1H3,(H,32,33)(H2,31,35,36). The summed E-state index contributed by atoms with van der Waals surface area (Å²) in [6.45, 7) is 1.58. The number of primary sulfonamides is 1. The fourth-order valence-corrected chi connectivity index (χ4v) is 4.73. The van der Waals surface area contributed by atoms with E-state index in [1.54, 1.807) is 43.5 Å². The van der Waals surface area contributed by atoms with Gasteiger partial charge in [0.15, 0.2) is 5.78 Å². The van der Waals surface area contributed by atoms with Crippen LogP contribution in [0.25, 0.3) is 11.1 Å². The van der Waals surface area contributed by atoms with Crippen molar-refractivity contribution < 1.29 is 31.1 Å². The Morgan fingerprint density at radius 3 is 2.37 bits per heavy atom. The van der Waals surface area contributed by atoms with Crippen LogP contribution in [0.4, 0.5) is 24.7 Å². The van der Waals surface area contributed by atoms with E-state index in [-0.39, 0.29) is 28.2 Å². The quantitative estimate of drug-likeness (QED) is 0.274. The Labute approximate surface area is 217 Å². The highest BCUT2D eigenvalue weighted by Gasteiger charge is 2.32. The summed E-state index contributed by atoms with van der Waals surface area (Å²) in [6.07, 6.45) is -3.38. The monoisotopic (exact) mass is 541 g/mol. The second kappa shape index (κ2) is 10.6. The van der Waals surface area contributed by atoms with Crippen molar-refractivity contribution in [1.82, 2.24) is 4.98 Å². The number of alkyl halides is 3. The number of Topliss-reactive ketones (excluding diaryl/α,β-unsaturated/α-hetero) is 1. The van der Waals surface area contributed by atoms with Crippen LogP contribution in [0.1, 0.15) is 21.5 Å². The largest absolute Gasteiger partial charge is 0.573 e. The van der Waals surface area contributed by atoms with Crippen LogP contribution in [0.2, 0.25) is 0 Å².